The Hall–Kier alpha value is -3.71. The average Bonchev–Trinajstić information content (AvgIpc) is 2.87. The molecule has 7 heteroatoms. The van der Waals surface area contributed by atoms with E-state index < -0.39 is 30.3 Å². The first-order chi connectivity index (χ1) is 17.3. The fourth-order valence-corrected chi connectivity index (χ4v) is 5.24. The molecule has 7 nitrogen and oxygen atoms in total. The van der Waals surface area contributed by atoms with Gasteiger partial charge in [0.25, 0.3) is 5.91 Å². The molecule has 1 saturated carbocycles. The Bertz CT molecular complexity index is 1230. The van der Waals surface area contributed by atoms with Crippen LogP contribution in [0, 0.1) is 0 Å². The van der Waals surface area contributed by atoms with Crippen LogP contribution in [0.25, 0.3) is 10.8 Å². The van der Waals surface area contributed by atoms with Gasteiger partial charge in [-0.2, -0.15) is 0 Å². The number of benzene rings is 3. The van der Waals surface area contributed by atoms with Crippen molar-refractivity contribution >= 4 is 28.6 Å². The van der Waals surface area contributed by atoms with Crippen LogP contribution in [0.5, 0.6) is 0 Å². The number of hydrogen-bond acceptors (Lipinski definition) is 4. The van der Waals surface area contributed by atoms with Gasteiger partial charge in [0.2, 0.25) is 0 Å². The standard InChI is InChI=1S/C29H32N2O5/c1-18(24-11-5-7-20-6-2-3-10-25(20)24)30-23-9-4-8-22(16-23)19-12-14-21(15-13-19)28(34)31-26(29(35)36)17-27(32)33/h2-3,5-7,10-15,18,22-23,26,30H,4,8-9,16-17H2,1H3,(H,31,34)(H,32,33)(H,35,36). The summed E-state index contributed by atoms with van der Waals surface area (Å²) < 4.78 is 0. The third kappa shape index (κ3) is 6.10. The molecule has 36 heavy (non-hydrogen) atoms. The van der Waals surface area contributed by atoms with Crippen molar-refractivity contribution in [1.29, 1.82) is 0 Å². The largest absolute Gasteiger partial charge is 0.481 e. The molecule has 1 fully saturated rings. The molecule has 0 aromatic heterocycles. The first-order valence-electron chi connectivity index (χ1n) is 12.4. The molecule has 3 aromatic rings. The summed E-state index contributed by atoms with van der Waals surface area (Å²) in [5.41, 5.74) is 2.76. The van der Waals surface area contributed by atoms with Crippen LogP contribution in [0.2, 0.25) is 0 Å². The van der Waals surface area contributed by atoms with Gasteiger partial charge < -0.3 is 20.8 Å². The topological polar surface area (TPSA) is 116 Å². The molecule has 1 amide bonds. The number of carbonyl (C=O) groups is 3. The predicted octanol–water partition coefficient (Wildman–Crippen LogP) is 4.87. The molecule has 4 unspecified atom stereocenters. The Balaban J connectivity index is 1.39. The van der Waals surface area contributed by atoms with Gasteiger partial charge in [0.1, 0.15) is 6.04 Å². The van der Waals surface area contributed by atoms with Crippen molar-refractivity contribution in [3.8, 4) is 0 Å². The highest BCUT2D eigenvalue weighted by Gasteiger charge is 2.26. The third-order valence-corrected chi connectivity index (χ3v) is 7.08. The Kier molecular flexibility index (Phi) is 8.00. The van der Waals surface area contributed by atoms with Gasteiger partial charge in [0.15, 0.2) is 0 Å². The molecule has 3 aromatic carbocycles. The molecule has 4 rings (SSSR count). The van der Waals surface area contributed by atoms with E-state index in [1.54, 1.807) is 12.1 Å². The van der Waals surface area contributed by atoms with Crippen LogP contribution in [0.15, 0.2) is 66.7 Å². The molecule has 0 radical (unpaired) electrons. The molecule has 4 N–H and O–H groups in total. The minimum Gasteiger partial charge on any atom is -0.481 e. The number of fused-ring (bicyclic) bond motifs is 1. The van der Waals surface area contributed by atoms with Crippen LogP contribution in [0.3, 0.4) is 0 Å². The second-order valence-electron chi connectivity index (χ2n) is 9.60. The average molecular weight is 489 g/mol. The molecule has 0 saturated heterocycles. The van der Waals surface area contributed by atoms with Crippen molar-refractivity contribution in [2.45, 2.75) is 63.1 Å². The Morgan fingerprint density at radius 1 is 0.944 bits per heavy atom. The highest BCUT2D eigenvalue weighted by molar-refractivity contribution is 5.97. The predicted molar refractivity (Wildman–Crippen MR) is 138 cm³/mol. The minimum atomic E-state index is -1.47. The van der Waals surface area contributed by atoms with E-state index in [1.807, 2.05) is 12.1 Å². The highest BCUT2D eigenvalue weighted by atomic mass is 16.4. The molecule has 4 atom stereocenters. The molecule has 0 spiro atoms. The number of rotatable bonds is 9. The lowest BCUT2D eigenvalue weighted by Gasteiger charge is -2.32. The smallest absolute Gasteiger partial charge is 0.326 e. The Labute approximate surface area is 210 Å². The van der Waals surface area contributed by atoms with E-state index in [-0.39, 0.29) is 6.04 Å². The molecule has 1 aliphatic rings. The zero-order valence-corrected chi connectivity index (χ0v) is 20.3. The van der Waals surface area contributed by atoms with Gasteiger partial charge in [-0.05, 0) is 66.1 Å². The van der Waals surface area contributed by atoms with Gasteiger partial charge in [-0.3, -0.25) is 9.59 Å². The van der Waals surface area contributed by atoms with Gasteiger partial charge in [-0.1, -0.05) is 61.0 Å². The third-order valence-electron chi connectivity index (χ3n) is 7.08. The SMILES string of the molecule is CC(NC1CCCC(c2ccc(C(=O)NC(CC(=O)O)C(=O)O)cc2)C1)c1cccc2ccccc12. The van der Waals surface area contributed by atoms with E-state index >= 15 is 0 Å². The summed E-state index contributed by atoms with van der Waals surface area (Å²) in [5.74, 6) is -2.89. The summed E-state index contributed by atoms with van der Waals surface area (Å²) in [6.45, 7) is 2.22. The maximum Gasteiger partial charge on any atom is 0.326 e. The van der Waals surface area contributed by atoms with Crippen LogP contribution in [-0.2, 0) is 9.59 Å². The molecule has 188 valence electrons. The zero-order chi connectivity index (χ0) is 25.7. The van der Waals surface area contributed by atoms with E-state index in [9.17, 15) is 14.4 Å². The fourth-order valence-electron chi connectivity index (χ4n) is 5.24. The van der Waals surface area contributed by atoms with Gasteiger partial charge in [-0.25, -0.2) is 4.79 Å². The number of carbonyl (C=O) groups excluding carboxylic acids is 1. The minimum absolute atomic E-state index is 0.221. The molecular weight excluding hydrogens is 456 g/mol. The summed E-state index contributed by atoms with van der Waals surface area (Å²) in [6.07, 6.45) is 3.63. The highest BCUT2D eigenvalue weighted by Crippen LogP contribution is 2.34. The fraction of sp³-hybridized carbons (Fsp3) is 0.345. The van der Waals surface area contributed by atoms with Crippen LogP contribution in [-0.4, -0.2) is 40.1 Å². The van der Waals surface area contributed by atoms with Crippen LogP contribution in [0.4, 0.5) is 0 Å². The summed E-state index contributed by atoms with van der Waals surface area (Å²) in [6, 6.07) is 21.2. The first kappa shape index (κ1) is 25.4. The lowest BCUT2D eigenvalue weighted by molar-refractivity contribution is -0.145. The number of amides is 1. The maximum atomic E-state index is 12.5. The van der Waals surface area contributed by atoms with E-state index in [4.69, 9.17) is 10.2 Å². The summed E-state index contributed by atoms with van der Waals surface area (Å²) in [7, 11) is 0. The van der Waals surface area contributed by atoms with Crippen molar-refractivity contribution in [2.24, 2.45) is 0 Å². The number of carboxylic acid groups (broad SMARTS) is 2. The van der Waals surface area contributed by atoms with Crippen molar-refractivity contribution < 1.29 is 24.6 Å². The molecule has 0 aliphatic heterocycles. The number of aliphatic carboxylic acids is 2. The monoisotopic (exact) mass is 488 g/mol. The summed E-state index contributed by atoms with van der Waals surface area (Å²) in [4.78, 5) is 34.6. The second-order valence-corrected chi connectivity index (χ2v) is 9.60. The Morgan fingerprint density at radius 2 is 1.67 bits per heavy atom. The number of hydrogen-bond donors (Lipinski definition) is 4. The van der Waals surface area contributed by atoms with Gasteiger partial charge in [0.05, 0.1) is 6.42 Å². The van der Waals surface area contributed by atoms with E-state index in [2.05, 4.69) is 60.0 Å². The zero-order valence-electron chi connectivity index (χ0n) is 20.3. The lowest BCUT2D eigenvalue weighted by atomic mass is 9.80. The van der Waals surface area contributed by atoms with Crippen molar-refractivity contribution in [3.05, 3.63) is 83.4 Å². The maximum absolute atomic E-state index is 12.5. The van der Waals surface area contributed by atoms with Gasteiger partial charge in [0, 0.05) is 17.6 Å². The summed E-state index contributed by atoms with van der Waals surface area (Å²) in [5, 5.41) is 26.7. The van der Waals surface area contributed by atoms with Gasteiger partial charge in [-0.15, -0.1) is 0 Å². The summed E-state index contributed by atoms with van der Waals surface area (Å²) >= 11 is 0. The van der Waals surface area contributed by atoms with Crippen molar-refractivity contribution in [2.75, 3.05) is 0 Å². The van der Waals surface area contributed by atoms with Crippen molar-refractivity contribution in [1.82, 2.24) is 10.6 Å². The first-order valence-corrected chi connectivity index (χ1v) is 12.4. The molecule has 0 heterocycles. The molecule has 0 bridgehead atoms. The van der Waals surface area contributed by atoms with Gasteiger partial charge >= 0.3 is 11.9 Å². The Morgan fingerprint density at radius 3 is 2.39 bits per heavy atom. The van der Waals surface area contributed by atoms with Crippen molar-refractivity contribution in [3.63, 3.8) is 0 Å². The lowest BCUT2D eigenvalue weighted by Crippen LogP contribution is -2.42. The van der Waals surface area contributed by atoms with E-state index in [0.717, 1.165) is 31.2 Å². The van der Waals surface area contributed by atoms with Crippen LogP contribution < -0.4 is 10.6 Å². The van der Waals surface area contributed by atoms with E-state index in [1.165, 1.54) is 16.3 Å². The molecule has 1 aliphatic carbocycles. The number of carboxylic acids is 2. The normalized spacial score (nSPS) is 19.4. The molecular formula is C29H32N2O5. The van der Waals surface area contributed by atoms with Crippen LogP contribution >= 0.6 is 0 Å². The quantitative estimate of drug-likeness (QED) is 0.341. The van der Waals surface area contributed by atoms with Crippen LogP contribution in [0.1, 0.15) is 72.5 Å². The second kappa shape index (κ2) is 11.4. The van der Waals surface area contributed by atoms with E-state index in [0.29, 0.717) is 17.5 Å². The number of nitrogens with one attached hydrogen (secondary N) is 2.